The van der Waals surface area contributed by atoms with Crippen LogP contribution in [0.15, 0.2) is 144 Å². The Kier molecular flexibility index (Phi) is 21.3. The predicted molar refractivity (Wildman–Crippen MR) is 340 cm³/mol. The highest BCUT2D eigenvalue weighted by Crippen LogP contribution is 2.32. The van der Waals surface area contributed by atoms with E-state index in [0.29, 0.717) is 25.9 Å². The van der Waals surface area contributed by atoms with Crippen LogP contribution in [0.2, 0.25) is 0 Å². The maximum Gasteiger partial charge on any atom is 0.322 e. The van der Waals surface area contributed by atoms with Crippen LogP contribution in [0.25, 0.3) is 10.9 Å². The van der Waals surface area contributed by atoms with E-state index >= 15 is 0 Å². The summed E-state index contributed by atoms with van der Waals surface area (Å²) in [7, 11) is 0. The second-order valence-corrected chi connectivity index (χ2v) is 23.2. The standard InChI is InChI=1S/2C12H16N2O.C12H13NO.C11H14N2O.C11H13NO.C10H12N2O/c1-8(2)14-7-10-6-4-5-9(3)11(10)13-12(14)15;1-9(2)14-8-7-10-5-3-4-6-11(10)13-12(14)15;1-8(2)10-7-9-5-3-4-6-11(9)13-12(10)14;1-8(2)13-7-9-5-3-4-6-10(9)12-11(13)14;1-8(2)12-10-6-4-3-5-9(10)7-11(12)13;1-7(2)12-9-4-3-5-11-8(9)6-10(12)13/h4-6,8H,7H2,1-3H3,(H,13,15);3-6,9H,7-8H2,1-2H3,(H,13,15);3-8H,1-2H3,(H,13,14);3-6,8H,7H2,1-2H3,(H,12,14);3-6,8H,7H2,1-2H3;3-5,7H,6H2,1-2H3. The third kappa shape index (κ3) is 15.4. The number of hydrogen-bond donors (Lipinski definition) is 4. The van der Waals surface area contributed by atoms with Gasteiger partial charge in [0.1, 0.15) is 0 Å². The van der Waals surface area contributed by atoms with Crippen LogP contribution >= 0.6 is 0 Å². The molecule has 12 rings (SSSR count). The van der Waals surface area contributed by atoms with Crippen LogP contribution in [0.1, 0.15) is 128 Å². The van der Waals surface area contributed by atoms with Crippen LogP contribution < -0.4 is 31.3 Å². The molecule has 5 aliphatic rings. The Bertz CT molecular complexity index is 3450. The number of benzene rings is 5. The first kappa shape index (κ1) is 62.8. The molecule has 16 nitrogen and oxygen atoms in total. The van der Waals surface area contributed by atoms with E-state index < -0.39 is 0 Å². The minimum atomic E-state index is -0.00120. The molecule has 0 radical (unpaired) electrons. The number of fused-ring (bicyclic) bond motifs is 6. The number of carbonyl (C=O) groups excluding carboxylic acids is 5. The molecular formula is C68H84N10O6. The fourth-order valence-electron chi connectivity index (χ4n) is 10.6. The van der Waals surface area contributed by atoms with Crippen molar-refractivity contribution in [3.8, 4) is 0 Å². The number of para-hydroxylation sites is 5. The minimum Gasteiger partial charge on any atom is -0.322 e. The summed E-state index contributed by atoms with van der Waals surface area (Å²) >= 11 is 0. The predicted octanol–water partition coefficient (Wildman–Crippen LogP) is 13.7. The van der Waals surface area contributed by atoms with Gasteiger partial charge >= 0.3 is 18.1 Å². The summed E-state index contributed by atoms with van der Waals surface area (Å²) in [6.07, 6.45) is 3.67. The molecule has 4 N–H and O–H groups in total. The number of amides is 8. The van der Waals surface area contributed by atoms with E-state index in [1.54, 1.807) is 6.20 Å². The number of aromatic nitrogens is 2. The molecule has 0 bridgehead atoms. The zero-order valence-electron chi connectivity index (χ0n) is 51.1. The average molecular weight is 1140 g/mol. The third-order valence-electron chi connectivity index (χ3n) is 15.1. The number of aromatic amines is 1. The number of hydrogen-bond acceptors (Lipinski definition) is 7. The number of urea groups is 3. The molecule has 0 unspecified atom stereocenters. The first-order chi connectivity index (χ1) is 40.0. The van der Waals surface area contributed by atoms with Gasteiger partial charge in [-0.05, 0) is 164 Å². The van der Waals surface area contributed by atoms with Gasteiger partial charge in [0, 0.05) is 84.2 Å². The number of nitrogens with zero attached hydrogens (tertiary/aromatic N) is 6. The van der Waals surface area contributed by atoms with Crippen molar-refractivity contribution >= 4 is 69.2 Å². The lowest BCUT2D eigenvalue weighted by Crippen LogP contribution is -2.43. The molecule has 0 aliphatic carbocycles. The summed E-state index contributed by atoms with van der Waals surface area (Å²) in [4.78, 5) is 86.2. The fourth-order valence-corrected chi connectivity index (χ4v) is 10.6. The molecule has 16 heteroatoms. The molecule has 0 saturated heterocycles. The van der Waals surface area contributed by atoms with E-state index in [1.807, 2.05) is 236 Å². The van der Waals surface area contributed by atoms with Crippen molar-refractivity contribution in [2.75, 3.05) is 32.3 Å². The van der Waals surface area contributed by atoms with Gasteiger partial charge in [-0.15, -0.1) is 0 Å². The maximum absolute atomic E-state index is 11.8. The normalized spacial score (nSPS) is 14.7. The third-order valence-corrected chi connectivity index (χ3v) is 15.1. The molecule has 84 heavy (non-hydrogen) atoms. The number of carbonyl (C=O) groups is 5. The van der Waals surface area contributed by atoms with Gasteiger partial charge in [0.25, 0.3) is 5.56 Å². The lowest BCUT2D eigenvalue weighted by Gasteiger charge is -2.33. The number of nitrogens with one attached hydrogen (secondary N) is 4. The molecule has 442 valence electrons. The summed E-state index contributed by atoms with van der Waals surface area (Å²) in [5, 5.41) is 9.86. The van der Waals surface area contributed by atoms with Crippen molar-refractivity contribution in [2.24, 2.45) is 0 Å². The molecule has 7 heterocycles. The lowest BCUT2D eigenvalue weighted by atomic mass is 10.0. The number of H-pyrrole nitrogens is 1. The van der Waals surface area contributed by atoms with Crippen LogP contribution in [-0.2, 0) is 41.9 Å². The second-order valence-electron chi connectivity index (χ2n) is 23.2. The summed E-state index contributed by atoms with van der Waals surface area (Å²) in [5.41, 5.74) is 13.5. The van der Waals surface area contributed by atoms with Crippen molar-refractivity contribution in [2.45, 2.75) is 158 Å². The quantitative estimate of drug-likeness (QED) is 0.128. The maximum atomic E-state index is 11.8. The van der Waals surface area contributed by atoms with E-state index in [-0.39, 0.29) is 71.6 Å². The highest BCUT2D eigenvalue weighted by molar-refractivity contribution is 6.02. The summed E-state index contributed by atoms with van der Waals surface area (Å²) < 4.78 is 0. The van der Waals surface area contributed by atoms with Crippen LogP contribution in [0.3, 0.4) is 0 Å². The molecule has 2 aromatic heterocycles. The highest BCUT2D eigenvalue weighted by atomic mass is 16.2. The minimum absolute atomic E-state index is 0.00120. The molecule has 7 aromatic rings. The van der Waals surface area contributed by atoms with E-state index in [9.17, 15) is 28.8 Å². The molecule has 0 spiro atoms. The number of aryl methyl sites for hydroxylation is 1. The monoisotopic (exact) mass is 1140 g/mol. The van der Waals surface area contributed by atoms with Gasteiger partial charge in [-0.25, -0.2) is 14.4 Å². The summed E-state index contributed by atoms with van der Waals surface area (Å²) in [6.45, 7) is 28.6. The van der Waals surface area contributed by atoms with Gasteiger partial charge in [0.2, 0.25) is 11.8 Å². The van der Waals surface area contributed by atoms with E-state index in [1.165, 1.54) is 16.7 Å². The first-order valence-corrected chi connectivity index (χ1v) is 29.3. The van der Waals surface area contributed by atoms with Crippen LogP contribution in [0, 0.1) is 6.92 Å². The molecular weight excluding hydrogens is 1050 g/mol. The summed E-state index contributed by atoms with van der Waals surface area (Å²) in [5.74, 6) is 0.642. The Morgan fingerprint density at radius 2 is 0.964 bits per heavy atom. The van der Waals surface area contributed by atoms with Gasteiger partial charge in [0.05, 0.1) is 29.9 Å². The van der Waals surface area contributed by atoms with Gasteiger partial charge in [-0.1, -0.05) is 105 Å². The van der Waals surface area contributed by atoms with E-state index in [4.69, 9.17) is 0 Å². The SMILES string of the molecule is CC(C)N1C(=O)Cc2ccccc21.CC(C)N1C(=O)Cc2ncccc21.CC(C)N1CCc2ccccc2NC1=O.CC(C)N1Cc2ccccc2NC1=O.CC(C)c1cc2ccccc2[nH]c1=O.Cc1cccc2c1NC(=O)N(C(C)C)C2. The number of rotatable bonds is 6. The molecule has 0 atom stereocenters. The van der Waals surface area contributed by atoms with E-state index in [0.717, 1.165) is 74.7 Å². The number of anilines is 5. The highest BCUT2D eigenvalue weighted by Gasteiger charge is 2.31. The molecule has 5 aromatic carbocycles. The van der Waals surface area contributed by atoms with Crippen LogP contribution in [-0.4, -0.2) is 91.3 Å². The zero-order chi connectivity index (χ0) is 60.9. The Labute approximate surface area is 495 Å². The van der Waals surface area contributed by atoms with E-state index in [2.05, 4.69) is 38.1 Å². The fraction of sp³-hybridized carbons (Fsp3) is 0.368. The lowest BCUT2D eigenvalue weighted by molar-refractivity contribution is -0.118. The molecule has 0 fully saturated rings. The largest absolute Gasteiger partial charge is 0.322 e. The average Bonchev–Trinajstić information content (AvgIpc) is 3.94. The Morgan fingerprint density at radius 3 is 1.60 bits per heavy atom. The second kappa shape index (κ2) is 28.5. The van der Waals surface area contributed by atoms with Gasteiger partial charge < -0.3 is 45.4 Å². The Balaban J connectivity index is 0.000000145. The number of pyridine rings is 2. The first-order valence-electron chi connectivity index (χ1n) is 29.3. The topological polar surface area (TPSA) is 183 Å². The Hall–Kier alpha value is -8.79. The van der Waals surface area contributed by atoms with Crippen molar-refractivity contribution in [3.63, 3.8) is 0 Å². The smallest absolute Gasteiger partial charge is 0.322 e. The van der Waals surface area contributed by atoms with Gasteiger partial charge in [-0.2, -0.15) is 0 Å². The molecule has 5 aliphatic heterocycles. The van der Waals surface area contributed by atoms with Crippen molar-refractivity contribution in [1.82, 2.24) is 24.7 Å². The zero-order valence-corrected chi connectivity index (χ0v) is 51.1. The molecule has 0 saturated carbocycles. The van der Waals surface area contributed by atoms with Crippen LogP contribution in [0.4, 0.5) is 42.8 Å². The Morgan fingerprint density at radius 1 is 0.464 bits per heavy atom. The van der Waals surface area contributed by atoms with Crippen molar-refractivity contribution in [1.29, 1.82) is 0 Å². The van der Waals surface area contributed by atoms with Gasteiger partial charge in [-0.3, -0.25) is 19.4 Å². The summed E-state index contributed by atoms with van der Waals surface area (Å²) in [6, 6.07) is 44.8. The molecule has 8 amide bonds. The van der Waals surface area contributed by atoms with Crippen molar-refractivity contribution < 1.29 is 24.0 Å². The van der Waals surface area contributed by atoms with Crippen LogP contribution in [0.5, 0.6) is 0 Å². The van der Waals surface area contributed by atoms with Crippen molar-refractivity contribution in [3.05, 3.63) is 189 Å². The van der Waals surface area contributed by atoms with Gasteiger partial charge in [0.15, 0.2) is 0 Å².